The Morgan fingerprint density at radius 3 is 2.75 bits per heavy atom. The second-order valence-corrected chi connectivity index (χ2v) is 7.61. The Morgan fingerprint density at radius 1 is 1.32 bits per heavy atom. The molecule has 0 saturated carbocycles. The van der Waals surface area contributed by atoms with Crippen LogP contribution in [0.25, 0.3) is 0 Å². The molecule has 0 radical (unpaired) electrons. The van der Waals surface area contributed by atoms with Gasteiger partial charge in [-0.3, -0.25) is 4.99 Å². The number of nitrogens with one attached hydrogen (secondary N) is 2. The van der Waals surface area contributed by atoms with Gasteiger partial charge in [0.15, 0.2) is 11.8 Å². The molecule has 3 rings (SSSR count). The molecular weight excluding hydrogens is 467 g/mol. The van der Waals surface area contributed by atoms with Gasteiger partial charge in [-0.2, -0.15) is 5.10 Å². The summed E-state index contributed by atoms with van der Waals surface area (Å²) >= 11 is 0. The van der Waals surface area contributed by atoms with Crippen LogP contribution < -0.4 is 10.6 Å². The van der Waals surface area contributed by atoms with Crippen LogP contribution in [0.5, 0.6) is 0 Å². The molecular formula is C20H31IN6O. The number of fused-ring (bicyclic) bond motifs is 1. The standard InChI is InChI=1S/C20H30N6O.HI/c1-20(2,15-8-6-5-7-9-15)14-22-19(21-3)23-16-10-11-18-24-17(13-27-4)25-26(18)12-16;/h5-9,16H,10-14H2,1-4H3,(H2,21,22,23);1H. The van der Waals surface area contributed by atoms with Gasteiger partial charge in [0, 0.05) is 38.6 Å². The summed E-state index contributed by atoms with van der Waals surface area (Å²) in [5.74, 6) is 2.61. The van der Waals surface area contributed by atoms with Gasteiger partial charge in [-0.1, -0.05) is 44.2 Å². The van der Waals surface area contributed by atoms with E-state index in [4.69, 9.17) is 4.74 Å². The van der Waals surface area contributed by atoms with Crippen LogP contribution in [0, 0.1) is 0 Å². The van der Waals surface area contributed by atoms with E-state index in [1.165, 1.54) is 5.56 Å². The molecule has 0 amide bonds. The number of aryl methyl sites for hydroxylation is 1. The Hall–Kier alpha value is -1.68. The Balaban J connectivity index is 0.00000280. The van der Waals surface area contributed by atoms with E-state index in [-0.39, 0.29) is 35.4 Å². The molecule has 1 aliphatic heterocycles. The van der Waals surface area contributed by atoms with Crippen molar-refractivity contribution in [3.63, 3.8) is 0 Å². The zero-order valence-corrected chi connectivity index (χ0v) is 19.4. The fourth-order valence-corrected chi connectivity index (χ4v) is 3.35. The number of ether oxygens (including phenoxy) is 1. The molecule has 1 unspecified atom stereocenters. The minimum atomic E-state index is 0. The Bertz CT molecular complexity index is 774. The van der Waals surface area contributed by atoms with Gasteiger partial charge in [0.05, 0.1) is 6.54 Å². The number of halogens is 1. The molecule has 1 aliphatic rings. The van der Waals surface area contributed by atoms with Crippen LogP contribution in [0.3, 0.4) is 0 Å². The van der Waals surface area contributed by atoms with Crippen LogP contribution in [0.4, 0.5) is 0 Å². The highest BCUT2D eigenvalue weighted by molar-refractivity contribution is 14.0. The lowest BCUT2D eigenvalue weighted by Crippen LogP contribution is -2.49. The van der Waals surface area contributed by atoms with Crippen molar-refractivity contribution < 1.29 is 4.74 Å². The molecule has 8 heteroatoms. The molecule has 2 heterocycles. The maximum absolute atomic E-state index is 5.13. The van der Waals surface area contributed by atoms with Crippen LogP contribution in [-0.4, -0.2) is 47.5 Å². The molecule has 0 saturated heterocycles. The molecule has 7 nitrogen and oxygen atoms in total. The number of benzene rings is 1. The second-order valence-electron chi connectivity index (χ2n) is 7.61. The van der Waals surface area contributed by atoms with E-state index in [0.717, 1.165) is 43.5 Å². The van der Waals surface area contributed by atoms with E-state index < -0.39 is 0 Å². The average Bonchev–Trinajstić information content (AvgIpc) is 3.07. The van der Waals surface area contributed by atoms with Crippen LogP contribution in [0.2, 0.25) is 0 Å². The van der Waals surface area contributed by atoms with Crippen molar-refractivity contribution in [2.45, 2.75) is 51.3 Å². The van der Waals surface area contributed by atoms with Crippen molar-refractivity contribution in [1.82, 2.24) is 25.4 Å². The first-order chi connectivity index (χ1) is 13.0. The van der Waals surface area contributed by atoms with E-state index in [1.54, 1.807) is 7.11 Å². The number of hydrogen-bond donors (Lipinski definition) is 2. The first-order valence-corrected chi connectivity index (χ1v) is 9.46. The minimum absolute atomic E-state index is 0. The fraction of sp³-hybridized carbons (Fsp3) is 0.550. The van der Waals surface area contributed by atoms with Crippen LogP contribution >= 0.6 is 24.0 Å². The van der Waals surface area contributed by atoms with Crippen molar-refractivity contribution in [3.05, 3.63) is 47.5 Å². The topological polar surface area (TPSA) is 76.4 Å². The van der Waals surface area contributed by atoms with E-state index in [1.807, 2.05) is 17.8 Å². The summed E-state index contributed by atoms with van der Waals surface area (Å²) in [6.45, 7) is 6.52. The molecule has 1 atom stereocenters. The number of rotatable bonds is 6. The van der Waals surface area contributed by atoms with E-state index in [2.05, 4.69) is 63.8 Å². The predicted octanol–water partition coefficient (Wildman–Crippen LogP) is 2.50. The first kappa shape index (κ1) is 22.6. The van der Waals surface area contributed by atoms with Crippen LogP contribution in [-0.2, 0) is 29.7 Å². The molecule has 0 fully saturated rings. The average molecular weight is 498 g/mol. The maximum atomic E-state index is 5.13. The normalized spacial score (nSPS) is 16.9. The molecule has 28 heavy (non-hydrogen) atoms. The highest BCUT2D eigenvalue weighted by Crippen LogP contribution is 2.21. The minimum Gasteiger partial charge on any atom is -0.377 e. The number of aliphatic imine (C=N–C) groups is 1. The maximum Gasteiger partial charge on any atom is 0.191 e. The number of guanidine groups is 1. The molecule has 2 aromatic rings. The summed E-state index contributed by atoms with van der Waals surface area (Å²) in [5.41, 5.74) is 1.32. The van der Waals surface area contributed by atoms with E-state index in [9.17, 15) is 0 Å². The first-order valence-electron chi connectivity index (χ1n) is 9.46. The SMILES string of the molecule is CN=C(NCC(C)(C)c1ccccc1)NC1CCc2nc(COC)nn2C1.I. The number of nitrogens with zero attached hydrogens (tertiary/aromatic N) is 4. The van der Waals surface area contributed by atoms with E-state index in [0.29, 0.717) is 6.61 Å². The zero-order chi connectivity index (χ0) is 19.3. The van der Waals surface area contributed by atoms with Gasteiger partial charge in [0.2, 0.25) is 0 Å². The van der Waals surface area contributed by atoms with Gasteiger partial charge >= 0.3 is 0 Å². The Morgan fingerprint density at radius 2 is 2.07 bits per heavy atom. The lowest BCUT2D eigenvalue weighted by Gasteiger charge is -2.29. The summed E-state index contributed by atoms with van der Waals surface area (Å²) in [6, 6.07) is 10.8. The lowest BCUT2D eigenvalue weighted by atomic mass is 9.85. The van der Waals surface area contributed by atoms with Crippen LogP contribution in [0.15, 0.2) is 35.3 Å². The fourth-order valence-electron chi connectivity index (χ4n) is 3.35. The predicted molar refractivity (Wildman–Crippen MR) is 122 cm³/mol. The van der Waals surface area contributed by atoms with Gasteiger partial charge in [-0.05, 0) is 12.0 Å². The molecule has 1 aromatic heterocycles. The largest absolute Gasteiger partial charge is 0.377 e. The van der Waals surface area contributed by atoms with Crippen molar-refractivity contribution in [2.24, 2.45) is 4.99 Å². The lowest BCUT2D eigenvalue weighted by molar-refractivity contribution is 0.177. The molecule has 0 bridgehead atoms. The molecule has 2 N–H and O–H groups in total. The number of aromatic nitrogens is 3. The monoisotopic (exact) mass is 498 g/mol. The second kappa shape index (κ2) is 10.2. The summed E-state index contributed by atoms with van der Waals surface area (Å²) in [6.07, 6.45) is 1.91. The third-order valence-electron chi connectivity index (χ3n) is 4.99. The summed E-state index contributed by atoms with van der Waals surface area (Å²) in [5, 5.41) is 11.5. The number of methoxy groups -OCH3 is 1. The number of hydrogen-bond acceptors (Lipinski definition) is 4. The van der Waals surface area contributed by atoms with Crippen molar-refractivity contribution in [3.8, 4) is 0 Å². The third-order valence-corrected chi connectivity index (χ3v) is 4.99. The molecule has 154 valence electrons. The van der Waals surface area contributed by atoms with Gasteiger partial charge in [-0.25, -0.2) is 9.67 Å². The van der Waals surface area contributed by atoms with Crippen molar-refractivity contribution >= 4 is 29.9 Å². The highest BCUT2D eigenvalue weighted by atomic mass is 127. The summed E-state index contributed by atoms with van der Waals surface area (Å²) in [4.78, 5) is 8.93. The molecule has 1 aromatic carbocycles. The third kappa shape index (κ3) is 5.66. The summed E-state index contributed by atoms with van der Waals surface area (Å²) in [7, 11) is 3.47. The van der Waals surface area contributed by atoms with E-state index >= 15 is 0 Å². The van der Waals surface area contributed by atoms with Gasteiger partial charge in [0.1, 0.15) is 12.4 Å². The van der Waals surface area contributed by atoms with Crippen molar-refractivity contribution in [2.75, 3.05) is 20.7 Å². The summed E-state index contributed by atoms with van der Waals surface area (Å²) < 4.78 is 7.11. The highest BCUT2D eigenvalue weighted by Gasteiger charge is 2.24. The quantitative estimate of drug-likeness (QED) is 0.364. The van der Waals surface area contributed by atoms with Crippen molar-refractivity contribution in [1.29, 1.82) is 0 Å². The molecule has 0 spiro atoms. The van der Waals surface area contributed by atoms with Gasteiger partial charge in [-0.15, -0.1) is 24.0 Å². The smallest absolute Gasteiger partial charge is 0.191 e. The Kier molecular flexibility index (Phi) is 8.23. The van der Waals surface area contributed by atoms with Gasteiger partial charge < -0.3 is 15.4 Å². The Labute approximate surface area is 184 Å². The van der Waals surface area contributed by atoms with Gasteiger partial charge in [0.25, 0.3) is 0 Å². The molecule has 0 aliphatic carbocycles. The zero-order valence-electron chi connectivity index (χ0n) is 17.1. The van der Waals surface area contributed by atoms with Crippen LogP contribution in [0.1, 0.15) is 37.5 Å².